The van der Waals surface area contributed by atoms with Gasteiger partial charge in [0.05, 0.1) is 23.4 Å². The molecule has 0 atom stereocenters. The van der Waals surface area contributed by atoms with E-state index >= 15 is 0 Å². The highest BCUT2D eigenvalue weighted by Gasteiger charge is 2.27. The molecular formula is C22H23FN4O4S2. The van der Waals surface area contributed by atoms with Crippen LogP contribution in [-0.4, -0.2) is 57.5 Å². The lowest BCUT2D eigenvalue weighted by molar-refractivity contribution is 0.0750. The monoisotopic (exact) mass is 490 g/mol. The van der Waals surface area contributed by atoms with E-state index in [0.717, 1.165) is 34.9 Å². The fraction of sp³-hybridized carbons (Fsp3) is 0.273. The molecule has 2 heterocycles. The smallest absolute Gasteiger partial charge is 0.266 e. The van der Waals surface area contributed by atoms with Crippen LogP contribution in [0.1, 0.15) is 15.4 Å². The number of carbonyl (C=O) groups is 1. The van der Waals surface area contributed by atoms with E-state index in [4.69, 9.17) is 4.74 Å². The summed E-state index contributed by atoms with van der Waals surface area (Å²) in [5, 5.41) is 0.0906. The second-order valence-corrected chi connectivity index (χ2v) is 10.1. The van der Waals surface area contributed by atoms with Crippen LogP contribution in [0, 0.1) is 12.7 Å². The zero-order valence-electron chi connectivity index (χ0n) is 18.1. The molecule has 0 radical (unpaired) electrons. The zero-order chi connectivity index (χ0) is 23.6. The maximum Gasteiger partial charge on any atom is 0.266 e. The minimum Gasteiger partial charge on any atom is -0.495 e. The normalized spacial score (nSPS) is 14.3. The number of anilines is 2. The summed E-state index contributed by atoms with van der Waals surface area (Å²) in [6, 6.07) is 12.2. The minimum atomic E-state index is -3.94. The number of benzene rings is 2. The van der Waals surface area contributed by atoms with Crippen LogP contribution in [-0.2, 0) is 10.0 Å². The number of hydrogen-bond acceptors (Lipinski definition) is 7. The van der Waals surface area contributed by atoms with Crippen molar-refractivity contribution in [3.63, 3.8) is 0 Å². The molecule has 0 unspecified atom stereocenters. The van der Waals surface area contributed by atoms with Gasteiger partial charge in [0.2, 0.25) is 0 Å². The molecule has 174 valence electrons. The second kappa shape index (κ2) is 9.36. The molecule has 1 saturated heterocycles. The van der Waals surface area contributed by atoms with Crippen LogP contribution in [0.15, 0.2) is 53.4 Å². The third-order valence-electron chi connectivity index (χ3n) is 5.33. The number of thiazole rings is 1. The fourth-order valence-corrected chi connectivity index (χ4v) is 5.78. The van der Waals surface area contributed by atoms with Gasteiger partial charge in [-0.25, -0.2) is 17.8 Å². The highest BCUT2D eigenvalue weighted by Crippen LogP contribution is 2.30. The van der Waals surface area contributed by atoms with E-state index in [9.17, 15) is 17.6 Å². The maximum absolute atomic E-state index is 13.1. The lowest BCUT2D eigenvalue weighted by atomic mass is 10.2. The summed E-state index contributed by atoms with van der Waals surface area (Å²) in [6.45, 7) is 4.00. The number of nitrogens with zero attached hydrogens (tertiary/aromatic N) is 3. The number of para-hydroxylation sites is 2. The number of aryl methyl sites for hydroxylation is 1. The molecule has 1 amide bonds. The molecule has 0 aliphatic carbocycles. The largest absolute Gasteiger partial charge is 0.495 e. The molecule has 1 aliphatic rings. The minimum absolute atomic E-state index is 0.0860. The van der Waals surface area contributed by atoms with Gasteiger partial charge in [0.1, 0.15) is 16.4 Å². The van der Waals surface area contributed by atoms with Crippen molar-refractivity contribution in [1.82, 2.24) is 9.88 Å². The molecule has 1 fully saturated rings. The van der Waals surface area contributed by atoms with Crippen molar-refractivity contribution >= 4 is 38.1 Å². The van der Waals surface area contributed by atoms with Crippen LogP contribution in [0.5, 0.6) is 5.75 Å². The van der Waals surface area contributed by atoms with Gasteiger partial charge in [0, 0.05) is 26.2 Å². The topological polar surface area (TPSA) is 91.8 Å². The van der Waals surface area contributed by atoms with Crippen LogP contribution in [0.25, 0.3) is 0 Å². The van der Waals surface area contributed by atoms with Crippen LogP contribution in [0.4, 0.5) is 15.2 Å². The Kier molecular flexibility index (Phi) is 6.52. The number of hydrogen-bond donors (Lipinski definition) is 1. The van der Waals surface area contributed by atoms with E-state index in [-0.39, 0.29) is 15.9 Å². The van der Waals surface area contributed by atoms with Gasteiger partial charge in [-0.15, -0.1) is 0 Å². The van der Waals surface area contributed by atoms with Crippen LogP contribution in [0.2, 0.25) is 0 Å². The Balaban J connectivity index is 1.44. The molecule has 1 aromatic heterocycles. The van der Waals surface area contributed by atoms with Gasteiger partial charge in [-0.2, -0.15) is 0 Å². The fourth-order valence-electron chi connectivity index (χ4n) is 3.61. The first-order valence-corrected chi connectivity index (χ1v) is 12.5. The number of nitrogens with one attached hydrogen (secondary N) is 1. The van der Waals surface area contributed by atoms with Gasteiger partial charge in [-0.1, -0.05) is 23.5 Å². The van der Waals surface area contributed by atoms with Crippen molar-refractivity contribution in [1.29, 1.82) is 0 Å². The number of ether oxygens (including phenoxy) is 1. The SMILES string of the molecule is COc1ccccc1N1CCN(C(=O)c2sc(NS(=O)(=O)c3ccc(F)cc3)nc2C)CC1. The number of amides is 1. The predicted molar refractivity (Wildman–Crippen MR) is 125 cm³/mol. The molecule has 0 saturated carbocycles. The predicted octanol–water partition coefficient (Wildman–Crippen LogP) is 3.36. The van der Waals surface area contributed by atoms with Crippen LogP contribution >= 0.6 is 11.3 Å². The Morgan fingerprint density at radius 2 is 1.76 bits per heavy atom. The Morgan fingerprint density at radius 3 is 2.42 bits per heavy atom. The van der Waals surface area contributed by atoms with Crippen LogP contribution < -0.4 is 14.4 Å². The third-order valence-corrected chi connectivity index (χ3v) is 7.87. The molecule has 0 spiro atoms. The van der Waals surface area contributed by atoms with E-state index in [1.165, 1.54) is 12.1 Å². The van der Waals surface area contributed by atoms with Gasteiger partial charge >= 0.3 is 0 Å². The Hall–Kier alpha value is -3.18. The summed E-state index contributed by atoms with van der Waals surface area (Å²) >= 11 is 0.989. The third kappa shape index (κ3) is 4.93. The van der Waals surface area contributed by atoms with E-state index in [0.29, 0.717) is 36.8 Å². The molecule has 33 heavy (non-hydrogen) atoms. The molecule has 3 aromatic rings. The number of sulfonamides is 1. The molecule has 11 heteroatoms. The Morgan fingerprint density at radius 1 is 1.09 bits per heavy atom. The summed E-state index contributed by atoms with van der Waals surface area (Å²) in [5.41, 5.74) is 1.44. The molecule has 0 bridgehead atoms. The van der Waals surface area contributed by atoms with Gasteiger partial charge < -0.3 is 14.5 Å². The molecule has 8 nitrogen and oxygen atoms in total. The number of halogens is 1. The number of piperazine rings is 1. The first kappa shape index (κ1) is 23.0. The summed E-state index contributed by atoms with van der Waals surface area (Å²) in [7, 11) is -2.31. The van der Waals surface area contributed by atoms with Crippen molar-refractivity contribution in [2.45, 2.75) is 11.8 Å². The lowest BCUT2D eigenvalue weighted by Crippen LogP contribution is -2.48. The number of rotatable bonds is 6. The summed E-state index contributed by atoms with van der Waals surface area (Å²) in [4.78, 5) is 21.5. The zero-order valence-corrected chi connectivity index (χ0v) is 19.7. The maximum atomic E-state index is 13.1. The van der Waals surface area contributed by atoms with E-state index < -0.39 is 15.8 Å². The number of aromatic nitrogens is 1. The van der Waals surface area contributed by atoms with E-state index in [1.807, 2.05) is 24.3 Å². The van der Waals surface area contributed by atoms with Crippen molar-refractivity contribution in [2.24, 2.45) is 0 Å². The molecule has 1 aliphatic heterocycles. The van der Waals surface area contributed by atoms with Crippen molar-refractivity contribution in [2.75, 3.05) is 42.9 Å². The molecule has 1 N–H and O–H groups in total. The number of carbonyl (C=O) groups excluding carboxylic acids is 1. The Labute approximate surface area is 195 Å². The van der Waals surface area contributed by atoms with Crippen LogP contribution in [0.3, 0.4) is 0 Å². The van der Waals surface area contributed by atoms with Gasteiger partial charge in [-0.05, 0) is 43.3 Å². The summed E-state index contributed by atoms with van der Waals surface area (Å²) in [5.74, 6) is 0.0725. The summed E-state index contributed by atoms with van der Waals surface area (Å²) < 4.78 is 46.0. The van der Waals surface area contributed by atoms with Gasteiger partial charge in [0.15, 0.2) is 5.13 Å². The molecule has 4 rings (SSSR count). The standard InChI is InChI=1S/C22H23FN4O4S2/c1-15-20(32-22(24-15)25-33(29,30)17-9-7-16(23)8-10-17)21(28)27-13-11-26(12-14-27)18-5-3-4-6-19(18)31-2/h3-10H,11-14H2,1-2H3,(H,24,25). The lowest BCUT2D eigenvalue weighted by Gasteiger charge is -2.36. The van der Waals surface area contributed by atoms with Crippen molar-refractivity contribution in [3.8, 4) is 5.75 Å². The Bertz CT molecular complexity index is 1250. The van der Waals surface area contributed by atoms with E-state index in [2.05, 4.69) is 14.6 Å². The van der Waals surface area contributed by atoms with Crippen molar-refractivity contribution < 1.29 is 22.3 Å². The first-order valence-electron chi connectivity index (χ1n) is 10.2. The highest BCUT2D eigenvalue weighted by molar-refractivity contribution is 7.93. The van der Waals surface area contributed by atoms with Gasteiger partial charge in [0.25, 0.3) is 15.9 Å². The van der Waals surface area contributed by atoms with Crippen molar-refractivity contribution in [3.05, 3.63) is 64.9 Å². The quantitative estimate of drug-likeness (QED) is 0.570. The second-order valence-electron chi connectivity index (χ2n) is 7.44. The average Bonchev–Trinajstić information content (AvgIpc) is 3.18. The summed E-state index contributed by atoms with van der Waals surface area (Å²) in [6.07, 6.45) is 0. The number of methoxy groups -OCH3 is 1. The molecular weight excluding hydrogens is 467 g/mol. The van der Waals surface area contributed by atoms with Gasteiger partial charge in [-0.3, -0.25) is 9.52 Å². The highest BCUT2D eigenvalue weighted by atomic mass is 32.2. The molecule has 2 aromatic carbocycles. The average molecular weight is 491 g/mol. The van der Waals surface area contributed by atoms with E-state index in [1.54, 1.807) is 18.9 Å². The first-order chi connectivity index (χ1) is 15.8.